The van der Waals surface area contributed by atoms with Crippen molar-refractivity contribution < 1.29 is 23.4 Å². The number of benzene rings is 1. The van der Waals surface area contributed by atoms with Crippen molar-refractivity contribution >= 4 is 15.7 Å². The molecule has 0 heterocycles. The van der Waals surface area contributed by atoms with Crippen molar-refractivity contribution in [1.82, 2.24) is 5.32 Å². The number of nitrogens with one attached hydrogen (secondary N) is 1. The summed E-state index contributed by atoms with van der Waals surface area (Å²) >= 11 is 0. The Morgan fingerprint density at radius 3 is 2.37 bits per heavy atom. The summed E-state index contributed by atoms with van der Waals surface area (Å²) in [5, 5.41) is 20.2. The standard InChI is InChI=1S/C12H17NO5S/c1-8-3-4-10(19(2,17)18)5-11(8)12(16)13-9(6-14)7-15/h3-5,9,14-15H,6-7H2,1-2H3,(H,13,16). The van der Waals surface area contributed by atoms with E-state index in [1.165, 1.54) is 18.2 Å². The number of carbonyl (C=O) groups is 1. The summed E-state index contributed by atoms with van der Waals surface area (Å²) in [6.07, 6.45) is 1.06. The van der Waals surface area contributed by atoms with Crippen LogP contribution in [0.5, 0.6) is 0 Å². The van der Waals surface area contributed by atoms with E-state index in [-0.39, 0.29) is 10.5 Å². The molecule has 1 rings (SSSR count). The number of hydrogen-bond donors (Lipinski definition) is 3. The van der Waals surface area contributed by atoms with Crippen molar-refractivity contribution in [2.75, 3.05) is 19.5 Å². The number of rotatable bonds is 5. The molecule has 0 saturated carbocycles. The van der Waals surface area contributed by atoms with Crippen LogP contribution in [-0.4, -0.2) is 50.0 Å². The fraction of sp³-hybridized carbons (Fsp3) is 0.417. The zero-order chi connectivity index (χ0) is 14.6. The first-order chi connectivity index (χ1) is 8.79. The van der Waals surface area contributed by atoms with Gasteiger partial charge in [-0.2, -0.15) is 0 Å². The number of aliphatic hydroxyl groups excluding tert-OH is 2. The quantitative estimate of drug-likeness (QED) is 0.676. The summed E-state index contributed by atoms with van der Waals surface area (Å²) in [6, 6.07) is 3.48. The molecule has 0 unspecified atom stereocenters. The van der Waals surface area contributed by atoms with Crippen LogP contribution in [0.15, 0.2) is 23.1 Å². The van der Waals surface area contributed by atoms with Crippen LogP contribution in [0, 0.1) is 6.92 Å². The molecular formula is C12H17NO5S. The molecule has 0 aliphatic rings. The molecule has 1 amide bonds. The van der Waals surface area contributed by atoms with Crippen LogP contribution in [0.4, 0.5) is 0 Å². The lowest BCUT2D eigenvalue weighted by molar-refractivity contribution is 0.0878. The minimum Gasteiger partial charge on any atom is -0.394 e. The predicted octanol–water partition coefficient (Wildman–Crippen LogP) is -0.518. The monoisotopic (exact) mass is 287 g/mol. The smallest absolute Gasteiger partial charge is 0.251 e. The molecule has 7 heteroatoms. The normalized spacial score (nSPS) is 11.6. The van der Waals surface area contributed by atoms with Crippen molar-refractivity contribution in [1.29, 1.82) is 0 Å². The van der Waals surface area contributed by atoms with E-state index >= 15 is 0 Å². The van der Waals surface area contributed by atoms with E-state index in [2.05, 4.69) is 5.32 Å². The third-order valence-electron chi connectivity index (χ3n) is 2.66. The van der Waals surface area contributed by atoms with Gasteiger partial charge >= 0.3 is 0 Å². The topological polar surface area (TPSA) is 104 Å². The van der Waals surface area contributed by atoms with Gasteiger partial charge in [-0.25, -0.2) is 8.42 Å². The number of carbonyl (C=O) groups excluding carboxylic acids is 1. The predicted molar refractivity (Wildman–Crippen MR) is 69.7 cm³/mol. The number of aliphatic hydroxyl groups is 2. The first-order valence-corrected chi connectivity index (χ1v) is 7.52. The summed E-state index contributed by atoms with van der Waals surface area (Å²) in [7, 11) is -3.39. The van der Waals surface area contributed by atoms with Gasteiger partial charge in [0.05, 0.1) is 24.2 Å². The van der Waals surface area contributed by atoms with Gasteiger partial charge in [0.15, 0.2) is 9.84 Å². The van der Waals surface area contributed by atoms with Gasteiger partial charge in [0.25, 0.3) is 5.91 Å². The Hall–Kier alpha value is -1.44. The summed E-state index contributed by atoms with van der Waals surface area (Å²) in [5.74, 6) is -0.531. The minimum absolute atomic E-state index is 0.0489. The fourth-order valence-corrected chi connectivity index (χ4v) is 2.14. The highest BCUT2D eigenvalue weighted by Crippen LogP contribution is 2.15. The van der Waals surface area contributed by atoms with Gasteiger partial charge in [-0.3, -0.25) is 4.79 Å². The van der Waals surface area contributed by atoms with Crippen molar-refractivity contribution in [2.24, 2.45) is 0 Å². The maximum Gasteiger partial charge on any atom is 0.251 e. The second kappa shape index (κ2) is 6.14. The van der Waals surface area contributed by atoms with E-state index in [1.807, 2.05) is 0 Å². The Labute approximate surface area is 112 Å². The largest absolute Gasteiger partial charge is 0.394 e. The molecule has 3 N–H and O–H groups in total. The van der Waals surface area contributed by atoms with Gasteiger partial charge in [0.2, 0.25) is 0 Å². The highest BCUT2D eigenvalue weighted by Gasteiger charge is 2.17. The molecule has 1 aromatic rings. The van der Waals surface area contributed by atoms with Gasteiger partial charge in [-0.1, -0.05) is 6.07 Å². The molecule has 0 spiro atoms. The van der Waals surface area contributed by atoms with Crippen molar-refractivity contribution in [2.45, 2.75) is 17.9 Å². The zero-order valence-electron chi connectivity index (χ0n) is 10.8. The number of amides is 1. The maximum atomic E-state index is 11.9. The van der Waals surface area contributed by atoms with Crippen LogP contribution < -0.4 is 5.32 Å². The van der Waals surface area contributed by atoms with Gasteiger partial charge in [0.1, 0.15) is 0 Å². The van der Waals surface area contributed by atoms with Gasteiger partial charge < -0.3 is 15.5 Å². The van der Waals surface area contributed by atoms with Gasteiger partial charge in [0, 0.05) is 11.8 Å². The van der Waals surface area contributed by atoms with Gasteiger partial charge in [-0.15, -0.1) is 0 Å². The molecule has 0 aliphatic carbocycles. The molecule has 0 fully saturated rings. The maximum absolute atomic E-state index is 11.9. The lowest BCUT2D eigenvalue weighted by Crippen LogP contribution is -2.40. The lowest BCUT2D eigenvalue weighted by atomic mass is 10.1. The van der Waals surface area contributed by atoms with Crippen LogP contribution in [0.25, 0.3) is 0 Å². The first-order valence-electron chi connectivity index (χ1n) is 5.63. The number of aryl methyl sites for hydroxylation is 1. The van der Waals surface area contributed by atoms with Crippen molar-refractivity contribution in [3.8, 4) is 0 Å². The fourth-order valence-electron chi connectivity index (χ4n) is 1.49. The Balaban J connectivity index is 3.09. The lowest BCUT2D eigenvalue weighted by Gasteiger charge is -2.15. The highest BCUT2D eigenvalue weighted by atomic mass is 32.2. The average Bonchev–Trinajstić information content (AvgIpc) is 2.34. The van der Waals surface area contributed by atoms with E-state index in [0.29, 0.717) is 5.56 Å². The summed E-state index contributed by atoms with van der Waals surface area (Å²) in [4.78, 5) is 12.0. The Morgan fingerprint density at radius 2 is 1.89 bits per heavy atom. The zero-order valence-corrected chi connectivity index (χ0v) is 11.6. The SMILES string of the molecule is Cc1ccc(S(C)(=O)=O)cc1C(=O)NC(CO)CO. The molecule has 19 heavy (non-hydrogen) atoms. The molecular weight excluding hydrogens is 270 g/mol. The second-order valence-corrected chi connectivity index (χ2v) is 6.30. The Kier molecular flexibility index (Phi) is 5.04. The summed E-state index contributed by atoms with van der Waals surface area (Å²) in [6.45, 7) is 0.883. The summed E-state index contributed by atoms with van der Waals surface area (Å²) < 4.78 is 22.9. The third-order valence-corrected chi connectivity index (χ3v) is 3.77. The minimum atomic E-state index is -3.39. The van der Waals surface area contributed by atoms with Crippen LogP contribution in [0.1, 0.15) is 15.9 Å². The molecule has 0 aromatic heterocycles. The van der Waals surface area contributed by atoms with E-state index in [1.54, 1.807) is 6.92 Å². The van der Waals surface area contributed by atoms with Crippen LogP contribution in [0.2, 0.25) is 0 Å². The second-order valence-electron chi connectivity index (χ2n) is 4.28. The van der Waals surface area contributed by atoms with Crippen LogP contribution in [0.3, 0.4) is 0 Å². The Bertz CT molecular complexity index is 563. The molecule has 0 atom stereocenters. The molecule has 6 nitrogen and oxygen atoms in total. The molecule has 1 aromatic carbocycles. The van der Waals surface area contributed by atoms with Crippen LogP contribution in [-0.2, 0) is 9.84 Å². The van der Waals surface area contributed by atoms with Crippen molar-refractivity contribution in [3.05, 3.63) is 29.3 Å². The Morgan fingerprint density at radius 1 is 1.32 bits per heavy atom. The molecule has 0 saturated heterocycles. The van der Waals surface area contributed by atoms with E-state index in [9.17, 15) is 13.2 Å². The third kappa shape index (κ3) is 4.02. The number of sulfone groups is 1. The van der Waals surface area contributed by atoms with Gasteiger partial charge in [-0.05, 0) is 24.6 Å². The molecule has 0 aliphatic heterocycles. The summed E-state index contributed by atoms with van der Waals surface area (Å²) in [5.41, 5.74) is 0.814. The highest BCUT2D eigenvalue weighted by molar-refractivity contribution is 7.90. The van der Waals surface area contributed by atoms with E-state index in [0.717, 1.165) is 6.26 Å². The van der Waals surface area contributed by atoms with E-state index in [4.69, 9.17) is 10.2 Å². The average molecular weight is 287 g/mol. The van der Waals surface area contributed by atoms with E-state index < -0.39 is 35.0 Å². The first kappa shape index (κ1) is 15.6. The molecule has 0 bridgehead atoms. The van der Waals surface area contributed by atoms with Crippen molar-refractivity contribution in [3.63, 3.8) is 0 Å². The molecule has 106 valence electrons. The number of hydrogen-bond acceptors (Lipinski definition) is 5. The molecule has 0 radical (unpaired) electrons. The van der Waals surface area contributed by atoms with Crippen LogP contribution >= 0.6 is 0 Å².